The smallest absolute Gasteiger partial charge is 0.331 e. The molecule has 0 amide bonds. The van der Waals surface area contributed by atoms with Gasteiger partial charge in [0.25, 0.3) is 0 Å². The first kappa shape index (κ1) is 14.1. The number of esters is 1. The Labute approximate surface area is 107 Å². The lowest BCUT2D eigenvalue weighted by Gasteiger charge is -2.27. The van der Waals surface area contributed by atoms with Crippen LogP contribution in [0, 0.1) is 0 Å². The van der Waals surface area contributed by atoms with Crippen molar-refractivity contribution in [3.05, 3.63) is 35.9 Å². The Hall–Kier alpha value is -1.00. The fraction of sp³-hybridized carbons (Fsp3) is 0.462. The minimum Gasteiger partial charge on any atom is -0.464 e. The number of rotatable bonds is 6. The number of ether oxygens (including phenoxy) is 1. The van der Waals surface area contributed by atoms with Crippen LogP contribution < -0.4 is 5.73 Å². The van der Waals surface area contributed by atoms with Gasteiger partial charge in [0.2, 0.25) is 0 Å². The molecule has 17 heavy (non-hydrogen) atoms. The highest BCUT2D eigenvalue weighted by Crippen LogP contribution is 2.24. The molecule has 1 aromatic carbocycles. The number of carbonyl (C=O) groups excluding carboxylic acids is 1. The van der Waals surface area contributed by atoms with Crippen molar-refractivity contribution < 1.29 is 9.53 Å². The zero-order valence-corrected chi connectivity index (χ0v) is 11.1. The monoisotopic (exact) mass is 253 g/mol. The molecule has 0 aromatic heterocycles. The topological polar surface area (TPSA) is 52.3 Å². The van der Waals surface area contributed by atoms with Gasteiger partial charge in [-0.25, -0.2) is 4.79 Å². The second kappa shape index (κ2) is 6.67. The second-order valence-corrected chi connectivity index (χ2v) is 4.97. The molecule has 2 N–H and O–H groups in total. The van der Waals surface area contributed by atoms with Gasteiger partial charge in [-0.2, -0.15) is 11.8 Å². The molecule has 0 bridgehead atoms. The lowest BCUT2D eigenvalue weighted by Crippen LogP contribution is -2.48. The Morgan fingerprint density at radius 1 is 1.35 bits per heavy atom. The number of hydrogen-bond donors (Lipinski definition) is 1. The minimum absolute atomic E-state index is 0.349. The van der Waals surface area contributed by atoms with Gasteiger partial charge in [0, 0.05) is 5.75 Å². The van der Waals surface area contributed by atoms with Crippen molar-refractivity contribution in [2.24, 2.45) is 5.73 Å². The normalized spacial score (nSPS) is 14.1. The van der Waals surface area contributed by atoms with E-state index in [-0.39, 0.29) is 5.97 Å². The van der Waals surface area contributed by atoms with Gasteiger partial charge in [0.1, 0.15) is 5.54 Å². The highest BCUT2D eigenvalue weighted by atomic mass is 32.2. The van der Waals surface area contributed by atoms with Gasteiger partial charge in [-0.05, 0) is 18.2 Å². The minimum atomic E-state index is -1.04. The molecule has 0 saturated carbocycles. The van der Waals surface area contributed by atoms with E-state index >= 15 is 0 Å². The van der Waals surface area contributed by atoms with Gasteiger partial charge in [0.05, 0.1) is 6.61 Å². The Balaban J connectivity index is 2.97. The van der Waals surface area contributed by atoms with E-state index in [0.717, 1.165) is 11.3 Å². The average Bonchev–Trinajstić information content (AvgIpc) is 2.37. The molecule has 1 unspecified atom stereocenters. The van der Waals surface area contributed by atoms with Crippen molar-refractivity contribution in [3.63, 3.8) is 0 Å². The molecule has 0 saturated heterocycles. The van der Waals surface area contributed by atoms with Crippen LogP contribution in [0.4, 0.5) is 0 Å². The van der Waals surface area contributed by atoms with Crippen LogP contribution in [-0.4, -0.2) is 24.1 Å². The van der Waals surface area contributed by atoms with E-state index < -0.39 is 5.54 Å². The summed E-state index contributed by atoms with van der Waals surface area (Å²) in [6, 6.07) is 9.40. The van der Waals surface area contributed by atoms with Crippen LogP contribution in [0.5, 0.6) is 0 Å². The molecule has 0 heterocycles. The third-order valence-electron chi connectivity index (χ3n) is 2.46. The number of hydrogen-bond acceptors (Lipinski definition) is 4. The quantitative estimate of drug-likeness (QED) is 0.789. The Kier molecular flexibility index (Phi) is 5.51. The molecule has 0 radical (unpaired) electrons. The van der Waals surface area contributed by atoms with Crippen LogP contribution >= 0.6 is 11.8 Å². The number of benzene rings is 1. The molecule has 0 fully saturated rings. The van der Waals surface area contributed by atoms with E-state index in [1.165, 1.54) is 0 Å². The molecular formula is C13H19NO2S. The largest absolute Gasteiger partial charge is 0.464 e. The molecule has 4 heteroatoms. The fourth-order valence-corrected chi connectivity index (χ4v) is 2.33. The van der Waals surface area contributed by atoms with Crippen LogP contribution in [0.1, 0.15) is 19.4 Å². The van der Waals surface area contributed by atoms with Crippen LogP contribution in [0.3, 0.4) is 0 Å². The number of nitrogens with two attached hydrogens (primary N) is 1. The van der Waals surface area contributed by atoms with Gasteiger partial charge in [-0.1, -0.05) is 37.3 Å². The Morgan fingerprint density at radius 3 is 2.53 bits per heavy atom. The standard InChI is InChI=1S/C13H19NO2S/c1-3-16-12(15)13(14,10-17-4-2)11-8-6-5-7-9-11/h5-9H,3-4,10,14H2,1-2H3. The summed E-state index contributed by atoms with van der Waals surface area (Å²) < 4.78 is 5.08. The summed E-state index contributed by atoms with van der Waals surface area (Å²) in [4.78, 5) is 12.0. The molecule has 0 aliphatic carbocycles. The first-order chi connectivity index (χ1) is 8.15. The summed E-state index contributed by atoms with van der Waals surface area (Å²) in [5, 5.41) is 0. The number of thioether (sulfide) groups is 1. The van der Waals surface area contributed by atoms with E-state index in [2.05, 4.69) is 0 Å². The number of carbonyl (C=O) groups is 1. The van der Waals surface area contributed by atoms with Gasteiger partial charge in [-0.3, -0.25) is 0 Å². The lowest BCUT2D eigenvalue weighted by molar-refractivity contribution is -0.149. The predicted molar refractivity (Wildman–Crippen MR) is 71.9 cm³/mol. The molecule has 0 aliphatic heterocycles. The molecule has 1 aromatic rings. The van der Waals surface area contributed by atoms with E-state index in [1.807, 2.05) is 37.3 Å². The summed E-state index contributed by atoms with van der Waals surface area (Å²) >= 11 is 1.64. The van der Waals surface area contributed by atoms with Crippen molar-refractivity contribution in [1.82, 2.24) is 0 Å². The molecular weight excluding hydrogens is 234 g/mol. The van der Waals surface area contributed by atoms with Gasteiger partial charge >= 0.3 is 5.97 Å². The summed E-state index contributed by atoms with van der Waals surface area (Å²) in [6.07, 6.45) is 0. The maximum absolute atomic E-state index is 12.0. The van der Waals surface area contributed by atoms with Crippen LogP contribution in [0.25, 0.3) is 0 Å². The van der Waals surface area contributed by atoms with Gasteiger partial charge in [-0.15, -0.1) is 0 Å². The second-order valence-electron chi connectivity index (χ2n) is 3.69. The molecule has 0 spiro atoms. The van der Waals surface area contributed by atoms with Crippen LogP contribution in [0.2, 0.25) is 0 Å². The summed E-state index contributed by atoms with van der Waals surface area (Å²) in [6.45, 7) is 4.18. The highest BCUT2D eigenvalue weighted by molar-refractivity contribution is 7.99. The Bertz CT molecular complexity index is 356. The van der Waals surface area contributed by atoms with Crippen molar-refractivity contribution in [2.75, 3.05) is 18.1 Å². The zero-order valence-electron chi connectivity index (χ0n) is 10.3. The van der Waals surface area contributed by atoms with E-state index in [4.69, 9.17) is 10.5 Å². The highest BCUT2D eigenvalue weighted by Gasteiger charge is 2.37. The Morgan fingerprint density at radius 2 is 2.00 bits per heavy atom. The molecule has 1 atom stereocenters. The summed E-state index contributed by atoms with van der Waals surface area (Å²) in [5.74, 6) is 1.10. The van der Waals surface area contributed by atoms with Crippen molar-refractivity contribution in [2.45, 2.75) is 19.4 Å². The molecule has 94 valence electrons. The zero-order chi connectivity index (χ0) is 12.7. The summed E-state index contributed by atoms with van der Waals surface area (Å²) in [5.41, 5.74) is 6.00. The summed E-state index contributed by atoms with van der Waals surface area (Å²) in [7, 11) is 0. The third kappa shape index (κ3) is 3.48. The fourth-order valence-electron chi connectivity index (χ4n) is 1.52. The lowest BCUT2D eigenvalue weighted by atomic mass is 9.93. The van der Waals surface area contributed by atoms with Crippen molar-refractivity contribution >= 4 is 17.7 Å². The first-order valence-corrected chi connectivity index (χ1v) is 6.90. The molecule has 0 aliphatic rings. The van der Waals surface area contributed by atoms with E-state index in [0.29, 0.717) is 12.4 Å². The van der Waals surface area contributed by atoms with Crippen LogP contribution in [0.15, 0.2) is 30.3 Å². The molecule has 1 rings (SSSR count). The predicted octanol–water partition coefficient (Wildman–Crippen LogP) is 2.16. The van der Waals surface area contributed by atoms with Crippen LogP contribution in [-0.2, 0) is 15.1 Å². The maximum atomic E-state index is 12.0. The van der Waals surface area contributed by atoms with E-state index in [9.17, 15) is 4.79 Å². The van der Waals surface area contributed by atoms with Crippen molar-refractivity contribution in [3.8, 4) is 0 Å². The molecule has 3 nitrogen and oxygen atoms in total. The average molecular weight is 253 g/mol. The maximum Gasteiger partial charge on any atom is 0.331 e. The van der Waals surface area contributed by atoms with Gasteiger partial charge in [0.15, 0.2) is 0 Å². The first-order valence-electron chi connectivity index (χ1n) is 5.74. The third-order valence-corrected chi connectivity index (χ3v) is 3.53. The SMILES string of the molecule is CCOC(=O)C(N)(CSCC)c1ccccc1. The van der Waals surface area contributed by atoms with Crippen molar-refractivity contribution in [1.29, 1.82) is 0 Å². The van der Waals surface area contributed by atoms with Gasteiger partial charge < -0.3 is 10.5 Å². The van der Waals surface area contributed by atoms with E-state index in [1.54, 1.807) is 18.7 Å².